The molecule has 0 radical (unpaired) electrons. The van der Waals surface area contributed by atoms with Gasteiger partial charge >= 0.3 is 17.9 Å². The van der Waals surface area contributed by atoms with Crippen LogP contribution in [0.15, 0.2) is 91.0 Å². The van der Waals surface area contributed by atoms with Crippen molar-refractivity contribution in [2.24, 2.45) is 0 Å². The number of hydrogen-bond acceptors (Lipinski definition) is 12. The van der Waals surface area contributed by atoms with Crippen LogP contribution in [0.2, 0.25) is 36.3 Å². The molecule has 0 aliphatic carbocycles. The second kappa shape index (κ2) is 20.5. The third kappa shape index (κ3) is 12.2. The number of carbonyl (C=O) groups is 3. The van der Waals surface area contributed by atoms with Crippen LogP contribution in [-0.4, -0.2) is 111 Å². The maximum absolute atomic E-state index is 13.8. The van der Waals surface area contributed by atoms with Crippen LogP contribution >= 0.6 is 38.5 Å². The minimum absolute atomic E-state index is 0.0847. The van der Waals surface area contributed by atoms with Crippen molar-refractivity contribution in [3.05, 3.63) is 108 Å². The van der Waals surface area contributed by atoms with Crippen LogP contribution in [0.3, 0.4) is 0 Å². The van der Waals surface area contributed by atoms with Crippen molar-refractivity contribution in [3.8, 4) is 0 Å². The van der Waals surface area contributed by atoms with Crippen LogP contribution in [0, 0.1) is 0 Å². The number of benzene rings is 3. The number of aliphatic hydroxyl groups is 1. The van der Waals surface area contributed by atoms with E-state index in [1.165, 1.54) is 0 Å². The first-order chi connectivity index (χ1) is 28.5. The predicted molar refractivity (Wildman–Crippen MR) is 248 cm³/mol. The lowest BCUT2D eigenvalue weighted by Crippen LogP contribution is -2.65. The molecular formula is C45H60BrIO12Si2. The Morgan fingerprint density at radius 2 is 1.00 bits per heavy atom. The first-order valence-corrected chi connectivity index (χ1v) is 28.7. The maximum Gasteiger partial charge on any atom is 0.338 e. The highest BCUT2D eigenvalue weighted by Crippen LogP contribution is 2.45. The van der Waals surface area contributed by atoms with Crippen LogP contribution < -0.4 is 0 Å². The van der Waals surface area contributed by atoms with Crippen molar-refractivity contribution in [2.75, 3.05) is 11.9 Å². The number of aliphatic hydroxyl groups excluding tert-OH is 1. The fourth-order valence-corrected chi connectivity index (χ4v) is 10.7. The summed E-state index contributed by atoms with van der Waals surface area (Å²) in [5, 5.41) is 11.9. The van der Waals surface area contributed by atoms with E-state index < -0.39 is 93.8 Å². The first kappa shape index (κ1) is 49.5. The van der Waals surface area contributed by atoms with Crippen molar-refractivity contribution in [3.63, 3.8) is 0 Å². The summed E-state index contributed by atoms with van der Waals surface area (Å²) in [5.74, 6) is -2.39. The normalized spacial score (nSPS) is 27.5. The lowest BCUT2D eigenvalue weighted by Gasteiger charge is -2.52. The number of ether oxygens (including phenoxy) is 6. The Balaban J connectivity index is 1.51. The van der Waals surface area contributed by atoms with Gasteiger partial charge in [0.2, 0.25) is 0 Å². The van der Waals surface area contributed by atoms with Crippen molar-refractivity contribution in [2.45, 2.75) is 137 Å². The maximum atomic E-state index is 13.8. The third-order valence-electron chi connectivity index (χ3n) is 12.0. The molecule has 0 amide bonds. The molecule has 0 unspecified atom stereocenters. The van der Waals surface area contributed by atoms with Crippen LogP contribution in [0.25, 0.3) is 0 Å². The molecule has 0 aromatic heterocycles. The zero-order valence-corrected chi connectivity index (χ0v) is 42.3. The van der Waals surface area contributed by atoms with Crippen LogP contribution in [-0.2, 0) is 37.3 Å². The van der Waals surface area contributed by atoms with Gasteiger partial charge in [-0.3, -0.25) is 0 Å². The summed E-state index contributed by atoms with van der Waals surface area (Å²) >= 11 is 6.00. The first-order valence-electron chi connectivity index (χ1n) is 20.5. The molecule has 2 saturated heterocycles. The fourth-order valence-electron chi connectivity index (χ4n) is 6.36. The quantitative estimate of drug-likeness (QED) is 0.0541. The zero-order valence-electron chi connectivity index (χ0n) is 36.5. The molecule has 2 fully saturated rings. The van der Waals surface area contributed by atoms with Gasteiger partial charge in [-0.2, -0.15) is 0 Å². The molecule has 0 saturated carbocycles. The van der Waals surface area contributed by atoms with E-state index in [9.17, 15) is 19.5 Å². The number of hydrogen-bond donors (Lipinski definition) is 1. The highest BCUT2D eigenvalue weighted by Gasteiger charge is 2.56. The standard InChI is InChI=1S/C45H60BrIO12Si2/c1-44(2,3)60(7,8)58-35-31(26-46)54-43(33(47)36(35)59-61(9,10)45(4,5)6)52-27-32-34(55-39(48)28-20-14-11-15-21-28)37(56-40(49)29-22-16-12-17-23-29)38(42(51)53-32)57-41(50)30-24-18-13-19-25-30/h11-25,31-38,42-43,51H,26-27H2,1-10H3/t31-,32-,33-,34-,35-,36-,37+,38-,42-,43+/m1/s1. The molecule has 334 valence electrons. The van der Waals surface area contributed by atoms with Crippen LogP contribution in [0.4, 0.5) is 0 Å². The van der Waals surface area contributed by atoms with Gasteiger partial charge in [0.05, 0.1) is 45.5 Å². The van der Waals surface area contributed by atoms with E-state index in [0.29, 0.717) is 5.33 Å². The average molecular weight is 1060 g/mol. The molecule has 5 rings (SSSR count). The highest BCUT2D eigenvalue weighted by molar-refractivity contribution is 14.1. The Morgan fingerprint density at radius 1 is 0.607 bits per heavy atom. The number of esters is 3. The van der Waals surface area contributed by atoms with Crippen molar-refractivity contribution >= 4 is 73.1 Å². The van der Waals surface area contributed by atoms with Gasteiger partial charge in [-0.1, -0.05) is 135 Å². The van der Waals surface area contributed by atoms with Gasteiger partial charge in [-0.05, 0) is 72.7 Å². The van der Waals surface area contributed by atoms with Crippen molar-refractivity contribution in [1.29, 1.82) is 0 Å². The second-order valence-electron chi connectivity index (χ2n) is 18.4. The topological polar surface area (TPSA) is 145 Å². The Morgan fingerprint density at radius 3 is 1.41 bits per heavy atom. The molecule has 2 aliphatic heterocycles. The van der Waals surface area contributed by atoms with E-state index in [0.717, 1.165) is 0 Å². The summed E-state index contributed by atoms with van der Waals surface area (Å²) < 4.78 is 51.4. The number of alkyl halides is 2. The Hall–Kier alpha value is -2.53. The van der Waals surface area contributed by atoms with Gasteiger partial charge in [-0.25, -0.2) is 14.4 Å². The third-order valence-corrected chi connectivity index (χ3v) is 22.9. The Bertz CT molecular complexity index is 1910. The summed E-state index contributed by atoms with van der Waals surface area (Å²) in [7, 11) is -4.73. The summed E-state index contributed by atoms with van der Waals surface area (Å²) in [6, 6.07) is 24.6. The van der Waals surface area contributed by atoms with Crippen LogP contribution in [0.1, 0.15) is 72.6 Å². The predicted octanol–water partition coefficient (Wildman–Crippen LogP) is 9.10. The molecule has 61 heavy (non-hydrogen) atoms. The summed E-state index contributed by atoms with van der Waals surface area (Å²) in [6.07, 6.45) is -9.95. The lowest BCUT2D eigenvalue weighted by molar-refractivity contribution is -0.300. The Kier molecular flexibility index (Phi) is 16.7. The Labute approximate surface area is 384 Å². The van der Waals surface area contributed by atoms with Gasteiger partial charge in [0, 0.05) is 5.33 Å². The lowest BCUT2D eigenvalue weighted by atomic mass is 9.97. The molecule has 1 N–H and O–H groups in total. The van der Waals surface area contributed by atoms with Crippen molar-refractivity contribution in [1.82, 2.24) is 0 Å². The molecule has 0 spiro atoms. The van der Waals surface area contributed by atoms with E-state index in [-0.39, 0.29) is 33.4 Å². The van der Waals surface area contributed by atoms with E-state index >= 15 is 0 Å². The smallest absolute Gasteiger partial charge is 0.338 e. The average Bonchev–Trinajstić information content (AvgIpc) is 3.21. The summed E-state index contributed by atoms with van der Waals surface area (Å²) in [5.41, 5.74) is 0.574. The highest BCUT2D eigenvalue weighted by atomic mass is 127. The minimum atomic E-state index is -2.39. The summed E-state index contributed by atoms with van der Waals surface area (Å²) in [4.78, 5) is 41.1. The molecule has 2 aliphatic rings. The largest absolute Gasteiger partial charge is 0.452 e. The molecule has 12 nitrogen and oxygen atoms in total. The van der Waals surface area contributed by atoms with E-state index in [2.05, 4.69) is 106 Å². The van der Waals surface area contributed by atoms with Gasteiger partial charge in [0.15, 0.2) is 47.5 Å². The van der Waals surface area contributed by atoms with Gasteiger partial charge in [-0.15, -0.1) is 0 Å². The van der Waals surface area contributed by atoms with E-state index in [4.69, 9.17) is 37.3 Å². The van der Waals surface area contributed by atoms with Gasteiger partial charge in [0.25, 0.3) is 0 Å². The molecule has 10 atom stereocenters. The molecule has 2 heterocycles. The molecule has 0 bridgehead atoms. The monoisotopic (exact) mass is 1050 g/mol. The number of carbonyl (C=O) groups excluding carboxylic acids is 3. The molecule has 3 aromatic carbocycles. The SMILES string of the molecule is CC(C)(C)[Si](C)(C)O[C@@H]1[C@@H](I)[C@@H](OC[C@H]2O[C@@H](O)[C@H](OC(=O)c3ccccc3)[C@@H](OC(=O)c3ccccc3)[C@@H]2OC(=O)c2ccccc2)O[C@H](CBr)[C@H]1O[Si](C)(C)C(C)(C)C. The zero-order chi connectivity index (χ0) is 44.9. The van der Waals surface area contributed by atoms with Gasteiger partial charge in [0.1, 0.15) is 6.10 Å². The second-order valence-corrected chi connectivity index (χ2v) is 30.0. The fraction of sp³-hybridized carbons (Fsp3) is 0.533. The van der Waals surface area contributed by atoms with Crippen molar-refractivity contribution < 1.29 is 56.8 Å². The van der Waals surface area contributed by atoms with Gasteiger partial charge < -0.3 is 42.4 Å². The molecule has 16 heteroatoms. The number of halogens is 2. The van der Waals surface area contributed by atoms with E-state index in [1.807, 2.05) is 0 Å². The summed E-state index contributed by atoms with van der Waals surface area (Å²) in [6.45, 7) is 21.7. The van der Waals surface area contributed by atoms with Crippen LogP contribution in [0.5, 0.6) is 0 Å². The number of rotatable bonds is 14. The van der Waals surface area contributed by atoms with E-state index in [1.54, 1.807) is 91.0 Å². The molecule has 3 aromatic rings. The molecular weight excluding hydrogens is 995 g/mol. The minimum Gasteiger partial charge on any atom is -0.452 e.